The van der Waals surface area contributed by atoms with Crippen molar-refractivity contribution in [2.45, 2.75) is 45.6 Å². The van der Waals surface area contributed by atoms with E-state index in [1.807, 2.05) is 6.07 Å². The zero-order chi connectivity index (χ0) is 18.2. The van der Waals surface area contributed by atoms with Crippen molar-refractivity contribution in [3.05, 3.63) is 23.8 Å². The summed E-state index contributed by atoms with van der Waals surface area (Å²) in [5.74, 6) is 1.62. The Morgan fingerprint density at radius 3 is 2.42 bits per heavy atom. The van der Waals surface area contributed by atoms with Crippen molar-refractivity contribution >= 4 is 6.47 Å². The molecular weight excluding hydrogens is 306 g/mol. The molecule has 1 unspecified atom stereocenters. The molecule has 24 heavy (non-hydrogen) atoms. The predicted octanol–water partition coefficient (Wildman–Crippen LogP) is 3.46. The van der Waals surface area contributed by atoms with Gasteiger partial charge in [0, 0.05) is 12.6 Å². The molecule has 5 heteroatoms. The largest absolute Gasteiger partial charge is 0.493 e. The molecule has 0 radical (unpaired) electrons. The number of ether oxygens (including phenoxy) is 2. The summed E-state index contributed by atoms with van der Waals surface area (Å²) in [5.41, 5.74) is 1.82. The van der Waals surface area contributed by atoms with Crippen molar-refractivity contribution in [2.75, 3.05) is 27.8 Å². The smallest absolute Gasteiger partial charge is 0.290 e. The molecule has 0 heterocycles. The molecule has 1 atom stereocenters. The number of hydrogen-bond acceptors (Lipinski definition) is 4. The lowest BCUT2D eigenvalue weighted by Gasteiger charge is -2.26. The molecule has 0 aromatic heterocycles. The van der Waals surface area contributed by atoms with Crippen molar-refractivity contribution in [3.8, 4) is 11.5 Å². The van der Waals surface area contributed by atoms with Crippen LogP contribution in [0.3, 0.4) is 0 Å². The van der Waals surface area contributed by atoms with Gasteiger partial charge in [-0.25, -0.2) is 0 Å². The molecule has 1 aromatic carbocycles. The summed E-state index contributed by atoms with van der Waals surface area (Å²) < 4.78 is 10.7. The second-order valence-electron chi connectivity index (χ2n) is 7.09. The average molecular weight is 337 g/mol. The van der Waals surface area contributed by atoms with Crippen LogP contribution in [0.5, 0.6) is 11.5 Å². The lowest BCUT2D eigenvalue weighted by Crippen LogP contribution is -2.32. The van der Waals surface area contributed by atoms with E-state index in [9.17, 15) is 0 Å². The Hall–Kier alpha value is -1.75. The number of methoxy groups -OCH3 is 2. The Balaban J connectivity index is 0.000000891. The van der Waals surface area contributed by atoms with Crippen molar-refractivity contribution in [1.82, 2.24) is 4.90 Å². The third kappa shape index (κ3) is 6.04. The van der Waals surface area contributed by atoms with Gasteiger partial charge in [-0.2, -0.15) is 0 Å². The van der Waals surface area contributed by atoms with Gasteiger partial charge in [0.1, 0.15) is 0 Å². The summed E-state index contributed by atoms with van der Waals surface area (Å²) in [6.45, 7) is 5.61. The van der Waals surface area contributed by atoms with Crippen LogP contribution in [-0.4, -0.2) is 50.3 Å². The summed E-state index contributed by atoms with van der Waals surface area (Å²) in [5, 5.41) is 6.89. The summed E-state index contributed by atoms with van der Waals surface area (Å²) in [6, 6.07) is 6.95. The number of likely N-dealkylation sites (N-methyl/N-ethyl adjacent to an activating group) is 1. The fourth-order valence-electron chi connectivity index (χ4n) is 3.30. The SMILES string of the molecule is COc1ccc(CCN(C)C2CCC(C)(C)C2)cc1OC.O=CO. The van der Waals surface area contributed by atoms with E-state index in [0.29, 0.717) is 5.41 Å². The van der Waals surface area contributed by atoms with Gasteiger partial charge in [0.05, 0.1) is 14.2 Å². The van der Waals surface area contributed by atoms with E-state index in [-0.39, 0.29) is 6.47 Å². The lowest BCUT2D eigenvalue weighted by molar-refractivity contribution is -0.122. The molecule has 1 N–H and O–H groups in total. The minimum Gasteiger partial charge on any atom is -0.493 e. The quantitative estimate of drug-likeness (QED) is 0.806. The molecule has 0 amide bonds. The fraction of sp³-hybridized carbons (Fsp3) is 0.632. The van der Waals surface area contributed by atoms with Crippen molar-refractivity contribution in [3.63, 3.8) is 0 Å². The van der Waals surface area contributed by atoms with Crippen molar-refractivity contribution in [1.29, 1.82) is 0 Å². The molecule has 1 saturated carbocycles. The monoisotopic (exact) mass is 337 g/mol. The summed E-state index contributed by atoms with van der Waals surface area (Å²) in [4.78, 5) is 10.9. The summed E-state index contributed by atoms with van der Waals surface area (Å²) >= 11 is 0. The van der Waals surface area contributed by atoms with Gasteiger partial charge in [-0.15, -0.1) is 0 Å². The van der Waals surface area contributed by atoms with Gasteiger partial charge < -0.3 is 19.5 Å². The second-order valence-corrected chi connectivity index (χ2v) is 7.09. The van der Waals surface area contributed by atoms with Crippen LogP contribution in [-0.2, 0) is 11.2 Å². The minimum atomic E-state index is -0.250. The summed E-state index contributed by atoms with van der Waals surface area (Å²) in [7, 11) is 5.62. The number of hydrogen-bond donors (Lipinski definition) is 1. The maximum absolute atomic E-state index is 8.36. The number of rotatable bonds is 6. The topological polar surface area (TPSA) is 59.0 Å². The van der Waals surface area contributed by atoms with Crippen LogP contribution < -0.4 is 9.47 Å². The molecule has 1 aliphatic carbocycles. The highest BCUT2D eigenvalue weighted by atomic mass is 16.5. The Morgan fingerprint density at radius 1 is 1.29 bits per heavy atom. The van der Waals surface area contributed by atoms with E-state index < -0.39 is 0 Å². The normalized spacial score (nSPS) is 18.7. The van der Waals surface area contributed by atoms with Gasteiger partial charge in [-0.1, -0.05) is 19.9 Å². The highest BCUT2D eigenvalue weighted by Crippen LogP contribution is 2.39. The maximum atomic E-state index is 8.36. The molecule has 136 valence electrons. The number of carboxylic acid groups (broad SMARTS) is 1. The molecule has 0 spiro atoms. The van der Waals surface area contributed by atoms with Crippen molar-refractivity contribution in [2.24, 2.45) is 5.41 Å². The van der Waals surface area contributed by atoms with Crippen molar-refractivity contribution < 1.29 is 19.4 Å². The Bertz CT molecular complexity index is 516. The van der Waals surface area contributed by atoms with Crippen LogP contribution in [0, 0.1) is 5.41 Å². The van der Waals surface area contributed by atoms with Crippen LogP contribution in [0.15, 0.2) is 18.2 Å². The number of nitrogens with zero attached hydrogens (tertiary/aromatic N) is 1. The van der Waals surface area contributed by atoms with E-state index in [0.717, 1.165) is 30.5 Å². The fourth-order valence-corrected chi connectivity index (χ4v) is 3.30. The van der Waals surface area contributed by atoms with Crippen LogP contribution in [0.1, 0.15) is 38.7 Å². The number of carbonyl (C=O) groups is 1. The molecule has 2 rings (SSSR count). The predicted molar refractivity (Wildman–Crippen MR) is 96.0 cm³/mol. The Labute approximate surface area is 145 Å². The standard InChI is InChI=1S/C18H29NO2.CH2O2/c1-18(2)10-8-15(13-18)19(3)11-9-14-6-7-16(20-4)17(12-14)21-5;2-1-3/h6-7,12,15H,8-11,13H2,1-5H3;1H,(H,2,3). The van der Waals surface area contributed by atoms with Gasteiger partial charge >= 0.3 is 0 Å². The molecule has 0 saturated heterocycles. The first-order chi connectivity index (χ1) is 11.4. The summed E-state index contributed by atoms with van der Waals surface area (Å²) in [6.07, 6.45) is 5.04. The van der Waals surface area contributed by atoms with E-state index in [1.54, 1.807) is 14.2 Å². The molecule has 5 nitrogen and oxygen atoms in total. The molecule has 0 aliphatic heterocycles. The lowest BCUT2D eigenvalue weighted by atomic mass is 9.91. The third-order valence-corrected chi connectivity index (χ3v) is 4.77. The van der Waals surface area contributed by atoms with Gasteiger partial charge in [0.2, 0.25) is 0 Å². The molecule has 1 aliphatic rings. The van der Waals surface area contributed by atoms with E-state index in [4.69, 9.17) is 19.4 Å². The van der Waals surface area contributed by atoms with E-state index in [2.05, 4.69) is 37.9 Å². The Kier molecular flexibility index (Phi) is 8.05. The minimum absolute atomic E-state index is 0.250. The van der Waals surface area contributed by atoms with Gasteiger partial charge in [-0.3, -0.25) is 4.79 Å². The molecular formula is C19H31NO4. The molecule has 0 bridgehead atoms. The van der Waals surface area contributed by atoms with Gasteiger partial charge in [0.25, 0.3) is 6.47 Å². The maximum Gasteiger partial charge on any atom is 0.290 e. The van der Waals surface area contributed by atoms with Crippen LogP contribution in [0.25, 0.3) is 0 Å². The van der Waals surface area contributed by atoms with E-state index in [1.165, 1.54) is 24.8 Å². The second kappa shape index (κ2) is 9.52. The molecule has 1 fully saturated rings. The zero-order valence-corrected chi connectivity index (χ0v) is 15.5. The third-order valence-electron chi connectivity index (χ3n) is 4.77. The first kappa shape index (κ1) is 20.3. The van der Waals surface area contributed by atoms with Gasteiger partial charge in [0.15, 0.2) is 11.5 Å². The highest BCUT2D eigenvalue weighted by Gasteiger charge is 2.32. The first-order valence-electron chi connectivity index (χ1n) is 8.36. The van der Waals surface area contributed by atoms with Crippen LogP contribution in [0.2, 0.25) is 0 Å². The van der Waals surface area contributed by atoms with Crippen LogP contribution >= 0.6 is 0 Å². The highest BCUT2D eigenvalue weighted by molar-refractivity contribution is 5.42. The van der Waals surface area contributed by atoms with Gasteiger partial charge in [-0.05, 0) is 55.8 Å². The van der Waals surface area contributed by atoms with E-state index >= 15 is 0 Å². The zero-order valence-electron chi connectivity index (χ0n) is 15.5. The number of benzene rings is 1. The molecule has 1 aromatic rings. The van der Waals surface area contributed by atoms with Crippen LogP contribution in [0.4, 0.5) is 0 Å². The first-order valence-corrected chi connectivity index (χ1v) is 8.36. The average Bonchev–Trinajstić information content (AvgIpc) is 2.93. The Morgan fingerprint density at radius 2 is 1.92 bits per heavy atom.